The number of aliphatic hydroxyl groups excluding tert-OH is 1. The number of aliphatic hydroxyl groups is 1. The van der Waals surface area contributed by atoms with Crippen molar-refractivity contribution < 1.29 is 28.2 Å². The molecule has 2 fully saturated rings. The van der Waals surface area contributed by atoms with Crippen molar-refractivity contribution in [2.24, 2.45) is 0 Å². The number of aromatic nitrogens is 2. The van der Waals surface area contributed by atoms with Crippen LogP contribution >= 0.6 is 11.6 Å². The number of nitrogens with zero attached hydrogens (tertiary/aromatic N) is 3. The maximum atomic E-state index is 14.2. The number of carbonyl (C=O) groups is 1. The number of hydrogen-bond donors (Lipinski definition) is 4. The van der Waals surface area contributed by atoms with Crippen molar-refractivity contribution in [1.29, 1.82) is 5.26 Å². The Morgan fingerprint density at radius 2 is 1.98 bits per heavy atom. The largest absolute Gasteiger partial charge is 0.436 e. The fourth-order valence-corrected chi connectivity index (χ4v) is 7.00. The average molecular weight is 713 g/mol. The van der Waals surface area contributed by atoms with Gasteiger partial charge in [0, 0.05) is 32.4 Å². The summed E-state index contributed by atoms with van der Waals surface area (Å²) in [5.74, 6) is -0.449. The number of amides is 1. The molecule has 4 aromatic rings. The van der Waals surface area contributed by atoms with Crippen LogP contribution in [0.2, 0.25) is 0 Å². The van der Waals surface area contributed by atoms with E-state index >= 15 is 0 Å². The lowest BCUT2D eigenvalue weighted by Crippen LogP contribution is -2.52. The highest BCUT2D eigenvalue weighted by atomic mass is 35.5. The maximum Gasteiger partial charge on any atom is 0.271 e. The zero-order chi connectivity index (χ0) is 35.7. The Morgan fingerprint density at radius 3 is 2.71 bits per heavy atom. The van der Waals surface area contributed by atoms with Crippen LogP contribution < -0.4 is 16.0 Å². The SMILES string of the molecule is COCc1cc(C(=O)NC2(c3nc4cc(CN[C@@H]5COC[C@@H]5O)cc(C#N)c4o3)C=CC=C(c3ccccc3C)C2Cl)ncc1CN[C@@H]1C[C@@H]1F. The zero-order valence-electron chi connectivity index (χ0n) is 28.2. The van der Waals surface area contributed by atoms with Gasteiger partial charge in [0.1, 0.15) is 23.5 Å². The lowest BCUT2D eigenvalue weighted by atomic mass is 9.81. The third-order valence-corrected chi connectivity index (χ3v) is 10.2. The van der Waals surface area contributed by atoms with Crippen molar-refractivity contribution in [1.82, 2.24) is 25.9 Å². The number of nitriles is 1. The highest BCUT2D eigenvalue weighted by Gasteiger charge is 2.47. The number of alkyl halides is 2. The summed E-state index contributed by atoms with van der Waals surface area (Å²) in [5, 5.41) is 29.0. The van der Waals surface area contributed by atoms with Crippen molar-refractivity contribution in [2.45, 2.75) is 68.3 Å². The summed E-state index contributed by atoms with van der Waals surface area (Å²) < 4.78 is 30.7. The van der Waals surface area contributed by atoms with E-state index in [2.05, 4.69) is 27.0 Å². The predicted octanol–water partition coefficient (Wildman–Crippen LogP) is 4.48. The molecule has 6 atom stereocenters. The van der Waals surface area contributed by atoms with E-state index in [1.54, 1.807) is 43.7 Å². The molecule has 3 heterocycles. The molecule has 51 heavy (non-hydrogen) atoms. The van der Waals surface area contributed by atoms with Crippen molar-refractivity contribution >= 4 is 34.2 Å². The Morgan fingerprint density at radius 1 is 1.18 bits per heavy atom. The first-order chi connectivity index (χ1) is 24.7. The van der Waals surface area contributed by atoms with Gasteiger partial charge in [-0.2, -0.15) is 5.26 Å². The van der Waals surface area contributed by atoms with Gasteiger partial charge in [0.05, 0.1) is 42.9 Å². The Balaban J connectivity index is 1.26. The minimum Gasteiger partial charge on any atom is -0.436 e. The lowest BCUT2D eigenvalue weighted by Gasteiger charge is -2.36. The average Bonchev–Trinajstić information content (AvgIpc) is 3.44. The molecule has 3 aliphatic rings. The Kier molecular flexibility index (Phi) is 10.0. The summed E-state index contributed by atoms with van der Waals surface area (Å²) in [6.45, 7) is 3.59. The molecule has 0 bridgehead atoms. The van der Waals surface area contributed by atoms with E-state index in [1.165, 1.54) is 0 Å². The second-order valence-electron chi connectivity index (χ2n) is 13.2. The van der Waals surface area contributed by atoms with E-state index in [0.717, 1.165) is 33.4 Å². The van der Waals surface area contributed by atoms with Crippen LogP contribution in [0.15, 0.2) is 71.3 Å². The van der Waals surface area contributed by atoms with Gasteiger partial charge in [0.25, 0.3) is 5.91 Å². The van der Waals surface area contributed by atoms with E-state index < -0.39 is 29.1 Å². The topological polar surface area (TPSA) is 155 Å². The summed E-state index contributed by atoms with van der Waals surface area (Å²) in [6, 6.07) is 14.8. The van der Waals surface area contributed by atoms with E-state index in [-0.39, 0.29) is 48.0 Å². The van der Waals surface area contributed by atoms with Crippen molar-refractivity contribution in [2.75, 3.05) is 20.3 Å². The summed E-state index contributed by atoms with van der Waals surface area (Å²) in [7, 11) is 1.56. The van der Waals surface area contributed by atoms with Gasteiger partial charge in [-0.3, -0.25) is 9.78 Å². The predicted molar refractivity (Wildman–Crippen MR) is 188 cm³/mol. The molecule has 2 unspecified atom stereocenters. The molecule has 0 spiro atoms. The summed E-state index contributed by atoms with van der Waals surface area (Å²) in [6.07, 6.45) is 6.04. The van der Waals surface area contributed by atoms with Gasteiger partial charge in [-0.25, -0.2) is 9.37 Å². The first kappa shape index (κ1) is 34.9. The Bertz CT molecular complexity index is 2060. The molecule has 0 radical (unpaired) electrons. The normalized spacial score (nSPS) is 25.5. The fraction of sp³-hybridized carbons (Fsp3) is 0.368. The molecule has 1 saturated heterocycles. The van der Waals surface area contributed by atoms with Crippen LogP contribution in [-0.4, -0.2) is 71.0 Å². The zero-order valence-corrected chi connectivity index (χ0v) is 28.9. The summed E-state index contributed by atoms with van der Waals surface area (Å²) >= 11 is 7.42. The van der Waals surface area contributed by atoms with Crippen LogP contribution in [-0.2, 0) is 34.7 Å². The molecule has 1 amide bonds. The first-order valence-corrected chi connectivity index (χ1v) is 17.2. The smallest absolute Gasteiger partial charge is 0.271 e. The van der Waals surface area contributed by atoms with Crippen LogP contribution in [0.4, 0.5) is 4.39 Å². The standard InChI is InChI=1S/C38H38ClFN6O5/c1-21-6-3-4-7-26(21)27-8-5-9-38(35(27)39,46-36(48)31-12-24(18-49-2)25(17-44-31)16-43-29-13-28(29)40)37-45-30-11-22(10-23(14-41)34(30)51-37)15-42-32-19-50-20-33(32)47/h3-12,17,28-29,32-33,35,42-43,47H,13,15-16,18-20H2,1-2H3,(H,46,48)/t28-,29+,32+,33-,35?,38?/m0/s1. The van der Waals surface area contributed by atoms with Crippen molar-refractivity contribution in [3.63, 3.8) is 0 Å². The molecule has 4 N–H and O–H groups in total. The Hall–Kier alpha value is -4.48. The number of pyridine rings is 1. The molecular weight excluding hydrogens is 675 g/mol. The number of nitrogens with one attached hydrogen (secondary N) is 3. The van der Waals surface area contributed by atoms with E-state index in [0.29, 0.717) is 31.6 Å². The number of aryl methyl sites for hydroxylation is 1. The number of allylic oxidation sites excluding steroid dienone is 2. The monoisotopic (exact) mass is 712 g/mol. The molecule has 1 saturated carbocycles. The molecule has 13 heteroatoms. The quantitative estimate of drug-likeness (QED) is 0.155. The number of fused-ring (bicyclic) bond motifs is 1. The maximum absolute atomic E-state index is 14.2. The van der Waals surface area contributed by atoms with Crippen LogP contribution in [0.25, 0.3) is 16.7 Å². The molecule has 2 aliphatic carbocycles. The van der Waals surface area contributed by atoms with Crippen LogP contribution in [0.5, 0.6) is 0 Å². The first-order valence-electron chi connectivity index (χ1n) is 16.8. The summed E-state index contributed by atoms with van der Waals surface area (Å²) in [5.41, 5.74) is 4.43. The second kappa shape index (κ2) is 14.6. The van der Waals surface area contributed by atoms with Crippen LogP contribution in [0.3, 0.4) is 0 Å². The molecular formula is C38H38ClFN6O5. The number of methoxy groups -OCH3 is 1. The van der Waals surface area contributed by atoms with E-state index in [9.17, 15) is 19.6 Å². The number of ether oxygens (including phenoxy) is 2. The molecule has 7 rings (SSSR count). The highest BCUT2D eigenvalue weighted by molar-refractivity contribution is 6.28. The summed E-state index contributed by atoms with van der Waals surface area (Å²) in [4.78, 5) is 23.5. The number of oxazole rings is 1. The number of halogens is 2. The van der Waals surface area contributed by atoms with Crippen LogP contribution in [0.1, 0.15) is 56.2 Å². The minimum absolute atomic E-state index is 0.0886. The number of rotatable bonds is 12. The number of carbonyl (C=O) groups excluding carboxylic acids is 1. The molecule has 264 valence electrons. The number of hydrogen-bond acceptors (Lipinski definition) is 10. The second-order valence-corrected chi connectivity index (χ2v) is 13.6. The molecule has 2 aromatic carbocycles. The Labute approximate surface area is 299 Å². The number of benzene rings is 2. The van der Waals surface area contributed by atoms with Gasteiger partial charge in [-0.05, 0) is 71.0 Å². The van der Waals surface area contributed by atoms with Gasteiger partial charge >= 0.3 is 0 Å². The van der Waals surface area contributed by atoms with Crippen molar-refractivity contribution in [3.8, 4) is 6.07 Å². The highest BCUT2D eigenvalue weighted by Crippen LogP contribution is 2.43. The van der Waals surface area contributed by atoms with Gasteiger partial charge < -0.3 is 34.9 Å². The van der Waals surface area contributed by atoms with E-state index in [4.69, 9.17) is 30.5 Å². The lowest BCUT2D eigenvalue weighted by molar-refractivity contribution is 0.0901. The minimum atomic E-state index is -1.51. The third kappa shape index (κ3) is 7.06. The molecule has 11 nitrogen and oxygen atoms in total. The molecule has 1 aliphatic heterocycles. The third-order valence-electron chi connectivity index (χ3n) is 9.61. The van der Waals surface area contributed by atoms with Gasteiger partial charge in [0.2, 0.25) is 5.89 Å². The van der Waals surface area contributed by atoms with Gasteiger partial charge in [-0.1, -0.05) is 36.4 Å². The van der Waals surface area contributed by atoms with E-state index in [1.807, 2.05) is 37.3 Å². The van der Waals surface area contributed by atoms with Crippen LogP contribution in [0, 0.1) is 18.3 Å². The van der Waals surface area contributed by atoms with Gasteiger partial charge in [-0.15, -0.1) is 11.6 Å². The molecule has 2 aromatic heterocycles. The fourth-order valence-electron chi connectivity index (χ4n) is 6.59. The van der Waals surface area contributed by atoms with Crippen molar-refractivity contribution in [3.05, 3.63) is 112 Å². The van der Waals surface area contributed by atoms with Gasteiger partial charge in [0.15, 0.2) is 11.1 Å².